The van der Waals surface area contributed by atoms with Crippen LogP contribution in [0.3, 0.4) is 0 Å². The van der Waals surface area contributed by atoms with Crippen LogP contribution >= 0.6 is 34.9 Å². The minimum Gasteiger partial charge on any atom is -0.477 e. The number of H-pyrrole nitrogens is 1. The molecular weight excluding hydrogens is 466 g/mol. The normalized spacial score (nSPS) is 21.0. The summed E-state index contributed by atoms with van der Waals surface area (Å²) < 4.78 is 0. The third-order valence-corrected chi connectivity index (χ3v) is 7.77. The highest BCUT2D eigenvalue weighted by atomic mass is 32.2. The number of anilines is 1. The van der Waals surface area contributed by atoms with E-state index in [0.29, 0.717) is 16.4 Å². The first-order valence-electron chi connectivity index (χ1n) is 8.66. The van der Waals surface area contributed by atoms with E-state index in [0.717, 1.165) is 16.9 Å². The molecule has 1 fully saturated rings. The molecular formula is C16H15N7O5S3. The lowest BCUT2D eigenvalue weighted by Crippen LogP contribution is -2.71. The fourth-order valence-corrected chi connectivity index (χ4v) is 6.15. The van der Waals surface area contributed by atoms with Gasteiger partial charge in [-0.2, -0.15) is 5.10 Å². The minimum absolute atomic E-state index is 0.0754. The fraction of sp³-hybridized carbons (Fsp3) is 0.250. The number of carboxylic acids is 1. The summed E-state index contributed by atoms with van der Waals surface area (Å²) >= 11 is 3.73. The van der Waals surface area contributed by atoms with Crippen LogP contribution in [-0.4, -0.2) is 71.1 Å². The molecule has 0 aromatic carbocycles. The van der Waals surface area contributed by atoms with E-state index in [1.54, 1.807) is 12.4 Å². The number of nitrogen functional groups attached to an aromatic ring is 1. The molecule has 0 aliphatic carbocycles. The van der Waals surface area contributed by atoms with Gasteiger partial charge in [-0.25, -0.2) is 9.78 Å². The number of rotatable bonds is 7. The molecule has 15 heteroatoms. The second-order valence-corrected chi connectivity index (χ2v) is 9.42. The maximum Gasteiger partial charge on any atom is 0.353 e. The number of nitrogens with two attached hydrogens (primary N) is 1. The smallest absolute Gasteiger partial charge is 0.353 e. The second-order valence-electron chi connectivity index (χ2n) is 6.35. The van der Waals surface area contributed by atoms with E-state index < -0.39 is 29.2 Å². The molecule has 2 amide bonds. The van der Waals surface area contributed by atoms with Crippen molar-refractivity contribution in [3.05, 3.63) is 39.6 Å². The van der Waals surface area contributed by atoms with Crippen molar-refractivity contribution < 1.29 is 24.7 Å². The van der Waals surface area contributed by atoms with Gasteiger partial charge in [0.2, 0.25) is 0 Å². The third kappa shape index (κ3) is 3.98. The average molecular weight is 482 g/mol. The van der Waals surface area contributed by atoms with E-state index >= 15 is 0 Å². The Bertz CT molecular complexity index is 1100. The molecule has 0 bridgehead atoms. The summed E-state index contributed by atoms with van der Waals surface area (Å²) in [6.45, 7) is 0. The van der Waals surface area contributed by atoms with Crippen LogP contribution < -0.4 is 11.1 Å². The number of β-lactam (4-membered cyclic amide) rings is 1. The zero-order valence-corrected chi connectivity index (χ0v) is 18.0. The number of thioether (sulfide) groups is 2. The van der Waals surface area contributed by atoms with Crippen LogP contribution in [0.4, 0.5) is 5.13 Å². The Morgan fingerprint density at radius 1 is 1.48 bits per heavy atom. The molecule has 4 rings (SSSR count). The van der Waals surface area contributed by atoms with Crippen LogP contribution in [0, 0.1) is 0 Å². The Hall–Kier alpha value is -3.04. The van der Waals surface area contributed by atoms with Crippen LogP contribution in [0.5, 0.6) is 0 Å². The van der Waals surface area contributed by atoms with Crippen LogP contribution in [-0.2, 0) is 20.1 Å². The maximum absolute atomic E-state index is 12.7. The Balaban J connectivity index is 1.48. The number of carbonyl (C=O) groups excluding carboxylic acids is 2. The summed E-state index contributed by atoms with van der Waals surface area (Å²) in [4.78, 5) is 42.7. The van der Waals surface area contributed by atoms with Crippen LogP contribution in [0.15, 0.2) is 33.5 Å². The number of hydrogen-bond acceptors (Lipinski definition) is 11. The standard InChI is InChI=1S/C16H15N7O5S3/c17-16-20-7(4-31-16)9(22-28)12(24)21-10-13(25)23-11(15(26)27)8(5-30-14(10)23)29-3-6-1-18-19-2-6/h1-2,4,10,14,28H,3,5H2,(H2,17,20)(H,18,19)(H,21,24)(H,26,27). The first-order valence-corrected chi connectivity index (χ1v) is 11.6. The first kappa shape index (κ1) is 21.2. The highest BCUT2D eigenvalue weighted by molar-refractivity contribution is 8.05. The molecule has 2 aromatic heterocycles. The van der Waals surface area contributed by atoms with Gasteiger partial charge in [0, 0.05) is 33.6 Å². The number of amides is 2. The number of oxime groups is 1. The highest BCUT2D eigenvalue weighted by Gasteiger charge is 2.54. The zero-order chi connectivity index (χ0) is 22.1. The molecule has 31 heavy (non-hydrogen) atoms. The van der Waals surface area contributed by atoms with Crippen molar-refractivity contribution in [3.63, 3.8) is 0 Å². The Kier molecular flexibility index (Phi) is 5.88. The number of hydrogen-bond donors (Lipinski definition) is 5. The van der Waals surface area contributed by atoms with Gasteiger partial charge in [-0.15, -0.1) is 34.9 Å². The van der Waals surface area contributed by atoms with Gasteiger partial charge in [-0.3, -0.25) is 19.6 Å². The molecule has 2 aliphatic rings. The van der Waals surface area contributed by atoms with E-state index in [-0.39, 0.29) is 22.2 Å². The fourth-order valence-electron chi connectivity index (χ4n) is 3.05. The predicted molar refractivity (Wildman–Crippen MR) is 114 cm³/mol. The van der Waals surface area contributed by atoms with Gasteiger partial charge in [0.05, 0.1) is 6.20 Å². The van der Waals surface area contributed by atoms with Gasteiger partial charge in [-0.05, 0) is 0 Å². The largest absolute Gasteiger partial charge is 0.477 e. The lowest BCUT2D eigenvalue weighted by molar-refractivity contribution is -0.150. The quantitative estimate of drug-likeness (QED) is 0.159. The third-order valence-electron chi connectivity index (χ3n) is 4.47. The van der Waals surface area contributed by atoms with Crippen molar-refractivity contribution in [3.8, 4) is 0 Å². The molecule has 2 aromatic rings. The van der Waals surface area contributed by atoms with Gasteiger partial charge >= 0.3 is 5.97 Å². The molecule has 2 atom stereocenters. The molecule has 162 valence electrons. The lowest BCUT2D eigenvalue weighted by atomic mass is 10.0. The van der Waals surface area contributed by atoms with E-state index in [4.69, 9.17) is 5.73 Å². The molecule has 0 spiro atoms. The number of fused-ring (bicyclic) bond motifs is 1. The lowest BCUT2D eigenvalue weighted by Gasteiger charge is -2.49. The summed E-state index contributed by atoms with van der Waals surface area (Å²) in [5.74, 6) is -1.71. The van der Waals surface area contributed by atoms with Crippen molar-refractivity contribution in [2.45, 2.75) is 17.2 Å². The highest BCUT2D eigenvalue weighted by Crippen LogP contribution is 2.44. The van der Waals surface area contributed by atoms with Gasteiger partial charge < -0.3 is 21.4 Å². The molecule has 0 radical (unpaired) electrons. The maximum atomic E-state index is 12.7. The van der Waals surface area contributed by atoms with Crippen LogP contribution in [0.2, 0.25) is 0 Å². The number of nitrogens with zero attached hydrogens (tertiary/aromatic N) is 4. The van der Waals surface area contributed by atoms with E-state index in [1.165, 1.54) is 33.8 Å². The first-order chi connectivity index (χ1) is 14.9. The van der Waals surface area contributed by atoms with Crippen LogP contribution in [0.25, 0.3) is 0 Å². The molecule has 2 aliphatic heterocycles. The monoisotopic (exact) mass is 481 g/mol. The summed E-state index contributed by atoms with van der Waals surface area (Å²) in [6, 6.07) is -0.958. The number of thiazole rings is 1. The average Bonchev–Trinajstić information content (AvgIpc) is 3.42. The Labute approximate surface area is 187 Å². The predicted octanol–water partition coefficient (Wildman–Crippen LogP) is 0.256. The number of aromatic amines is 1. The van der Waals surface area contributed by atoms with Crippen LogP contribution in [0.1, 0.15) is 11.3 Å². The number of nitrogens with one attached hydrogen (secondary N) is 2. The summed E-state index contributed by atoms with van der Waals surface area (Å²) in [5.41, 5.74) is 6.04. The number of carbonyl (C=O) groups is 3. The van der Waals surface area contributed by atoms with Gasteiger partial charge in [-0.1, -0.05) is 5.16 Å². The van der Waals surface area contributed by atoms with Gasteiger partial charge in [0.1, 0.15) is 22.8 Å². The number of aromatic nitrogens is 3. The number of aliphatic carboxylic acids is 1. The topological polar surface area (TPSA) is 187 Å². The molecule has 4 heterocycles. The Morgan fingerprint density at radius 2 is 2.29 bits per heavy atom. The molecule has 2 unspecified atom stereocenters. The summed E-state index contributed by atoms with van der Waals surface area (Å²) in [6.07, 6.45) is 3.35. The van der Waals surface area contributed by atoms with Crippen molar-refractivity contribution in [2.24, 2.45) is 5.16 Å². The summed E-state index contributed by atoms with van der Waals surface area (Å²) in [5, 5.41) is 32.0. The molecule has 0 saturated carbocycles. The Morgan fingerprint density at radius 3 is 2.90 bits per heavy atom. The van der Waals surface area contributed by atoms with E-state index in [2.05, 4.69) is 25.7 Å². The summed E-state index contributed by atoms with van der Waals surface area (Å²) in [7, 11) is 0. The van der Waals surface area contributed by atoms with Crippen molar-refractivity contribution in [2.75, 3.05) is 11.5 Å². The van der Waals surface area contributed by atoms with Gasteiger partial charge in [0.25, 0.3) is 11.8 Å². The zero-order valence-electron chi connectivity index (χ0n) is 15.5. The second kappa shape index (κ2) is 8.60. The molecule has 6 N–H and O–H groups in total. The van der Waals surface area contributed by atoms with Crippen molar-refractivity contribution in [1.82, 2.24) is 25.4 Å². The minimum atomic E-state index is -1.21. The van der Waals surface area contributed by atoms with Crippen molar-refractivity contribution >= 4 is 63.5 Å². The number of carboxylic acid groups (broad SMARTS) is 1. The van der Waals surface area contributed by atoms with Gasteiger partial charge in [0.15, 0.2) is 10.8 Å². The molecule has 12 nitrogen and oxygen atoms in total. The van der Waals surface area contributed by atoms with E-state index in [9.17, 15) is 24.7 Å². The van der Waals surface area contributed by atoms with E-state index in [1.807, 2.05) is 0 Å². The molecule has 1 saturated heterocycles. The van der Waals surface area contributed by atoms with Crippen molar-refractivity contribution in [1.29, 1.82) is 0 Å². The SMILES string of the molecule is Nc1nc(C(=NO)C(=O)NC2C(=O)N3C(C(=O)O)=C(SCc4cn[nH]c4)CSC23)cs1.